The number of hydrogen-bond acceptors (Lipinski definition) is 5. The second kappa shape index (κ2) is 6.06. The Morgan fingerprint density at radius 3 is 2.75 bits per heavy atom. The number of hydrogen-bond donors (Lipinski definition) is 2. The Balaban J connectivity index is 2.17. The highest BCUT2D eigenvalue weighted by molar-refractivity contribution is 5.92. The molecule has 0 atom stereocenters. The van der Waals surface area contributed by atoms with E-state index in [-0.39, 0.29) is 5.97 Å². The van der Waals surface area contributed by atoms with Gasteiger partial charge in [-0.1, -0.05) is 0 Å². The first-order valence-corrected chi connectivity index (χ1v) is 6.36. The summed E-state index contributed by atoms with van der Waals surface area (Å²) in [5.74, 6) is -0.372. The molecule has 0 fully saturated rings. The minimum absolute atomic E-state index is 0.341. The van der Waals surface area contributed by atoms with Gasteiger partial charge in [-0.05, 0) is 44.2 Å². The molecular formula is C15H17N3O2. The summed E-state index contributed by atoms with van der Waals surface area (Å²) in [6.45, 7) is 4.03. The van der Waals surface area contributed by atoms with Crippen LogP contribution in [0.2, 0.25) is 0 Å². The quantitative estimate of drug-likeness (QED) is 0.660. The SMILES string of the molecule is CCOC(=O)c1ccc(Nc2ccc(C)nc2)c(N)c1. The molecule has 0 bridgehead atoms. The molecule has 0 spiro atoms. The summed E-state index contributed by atoms with van der Waals surface area (Å²) in [6, 6.07) is 8.86. The molecule has 0 aliphatic rings. The molecule has 2 aromatic rings. The maximum Gasteiger partial charge on any atom is 0.338 e. The molecule has 0 saturated heterocycles. The molecule has 1 aromatic heterocycles. The molecule has 5 heteroatoms. The lowest BCUT2D eigenvalue weighted by molar-refractivity contribution is 0.0526. The Kier molecular flexibility index (Phi) is 4.20. The molecule has 0 aliphatic heterocycles. The Labute approximate surface area is 117 Å². The minimum atomic E-state index is -0.372. The van der Waals surface area contributed by atoms with Gasteiger partial charge in [0.15, 0.2) is 0 Å². The number of nitrogens with one attached hydrogen (secondary N) is 1. The lowest BCUT2D eigenvalue weighted by Crippen LogP contribution is -2.06. The van der Waals surface area contributed by atoms with E-state index in [4.69, 9.17) is 10.5 Å². The predicted molar refractivity (Wildman–Crippen MR) is 79.1 cm³/mol. The molecule has 0 radical (unpaired) electrons. The summed E-state index contributed by atoms with van der Waals surface area (Å²) in [5.41, 5.74) is 9.38. The summed E-state index contributed by atoms with van der Waals surface area (Å²) in [7, 11) is 0. The van der Waals surface area contributed by atoms with Gasteiger partial charge in [0.1, 0.15) is 0 Å². The van der Waals surface area contributed by atoms with E-state index in [0.29, 0.717) is 17.9 Å². The van der Waals surface area contributed by atoms with Crippen molar-refractivity contribution in [1.29, 1.82) is 0 Å². The zero-order valence-corrected chi connectivity index (χ0v) is 11.5. The summed E-state index contributed by atoms with van der Waals surface area (Å²) in [4.78, 5) is 15.8. The normalized spacial score (nSPS) is 10.1. The van der Waals surface area contributed by atoms with Crippen molar-refractivity contribution < 1.29 is 9.53 Å². The number of nitrogen functional groups attached to an aromatic ring is 1. The molecule has 104 valence electrons. The number of pyridine rings is 1. The van der Waals surface area contributed by atoms with Gasteiger partial charge >= 0.3 is 5.97 Å². The summed E-state index contributed by atoms with van der Waals surface area (Å²) < 4.78 is 4.93. The van der Waals surface area contributed by atoms with Crippen LogP contribution < -0.4 is 11.1 Å². The minimum Gasteiger partial charge on any atom is -0.462 e. The third-order valence-electron chi connectivity index (χ3n) is 2.75. The third-order valence-corrected chi connectivity index (χ3v) is 2.75. The van der Waals surface area contributed by atoms with Crippen LogP contribution in [0.4, 0.5) is 17.1 Å². The fraction of sp³-hybridized carbons (Fsp3) is 0.200. The fourth-order valence-electron chi connectivity index (χ4n) is 1.72. The number of esters is 1. The van der Waals surface area contributed by atoms with Crippen molar-refractivity contribution in [2.24, 2.45) is 0 Å². The molecule has 0 saturated carbocycles. The monoisotopic (exact) mass is 271 g/mol. The van der Waals surface area contributed by atoms with Crippen LogP contribution in [0.1, 0.15) is 23.0 Å². The fourth-order valence-corrected chi connectivity index (χ4v) is 1.72. The number of benzene rings is 1. The van der Waals surface area contributed by atoms with Gasteiger partial charge in [0, 0.05) is 5.69 Å². The van der Waals surface area contributed by atoms with Gasteiger partial charge in [-0.25, -0.2) is 4.79 Å². The largest absolute Gasteiger partial charge is 0.462 e. The Morgan fingerprint density at radius 1 is 1.35 bits per heavy atom. The average molecular weight is 271 g/mol. The van der Waals surface area contributed by atoms with Crippen LogP contribution >= 0.6 is 0 Å². The van der Waals surface area contributed by atoms with E-state index >= 15 is 0 Å². The maximum absolute atomic E-state index is 11.6. The van der Waals surface area contributed by atoms with Crippen molar-refractivity contribution in [2.45, 2.75) is 13.8 Å². The van der Waals surface area contributed by atoms with Gasteiger partial charge in [0.05, 0.1) is 35.4 Å². The number of ether oxygens (including phenoxy) is 1. The number of anilines is 3. The second-order valence-electron chi connectivity index (χ2n) is 4.34. The molecule has 1 aromatic carbocycles. The van der Waals surface area contributed by atoms with Crippen molar-refractivity contribution in [3.05, 3.63) is 47.8 Å². The van der Waals surface area contributed by atoms with Crippen LogP contribution in [-0.2, 0) is 4.74 Å². The molecule has 0 aliphatic carbocycles. The van der Waals surface area contributed by atoms with E-state index in [9.17, 15) is 4.79 Å². The molecule has 5 nitrogen and oxygen atoms in total. The third kappa shape index (κ3) is 3.26. The van der Waals surface area contributed by atoms with Crippen molar-refractivity contribution >= 4 is 23.0 Å². The van der Waals surface area contributed by atoms with Crippen molar-refractivity contribution in [2.75, 3.05) is 17.7 Å². The van der Waals surface area contributed by atoms with E-state index in [1.54, 1.807) is 31.3 Å². The molecule has 3 N–H and O–H groups in total. The zero-order valence-electron chi connectivity index (χ0n) is 11.5. The lowest BCUT2D eigenvalue weighted by atomic mass is 10.1. The van der Waals surface area contributed by atoms with Crippen molar-refractivity contribution in [3.8, 4) is 0 Å². The number of aryl methyl sites for hydroxylation is 1. The van der Waals surface area contributed by atoms with Crippen LogP contribution in [0.3, 0.4) is 0 Å². The van der Waals surface area contributed by atoms with Gasteiger partial charge in [-0.2, -0.15) is 0 Å². The summed E-state index contributed by atoms with van der Waals surface area (Å²) >= 11 is 0. The van der Waals surface area contributed by atoms with Gasteiger partial charge < -0.3 is 15.8 Å². The smallest absolute Gasteiger partial charge is 0.338 e. The number of carbonyl (C=O) groups is 1. The van der Waals surface area contributed by atoms with Crippen LogP contribution in [-0.4, -0.2) is 17.6 Å². The molecule has 0 amide bonds. The van der Waals surface area contributed by atoms with Gasteiger partial charge in [-0.3, -0.25) is 4.98 Å². The van der Waals surface area contributed by atoms with Crippen LogP contribution in [0.15, 0.2) is 36.5 Å². The van der Waals surface area contributed by atoms with Crippen molar-refractivity contribution in [1.82, 2.24) is 4.98 Å². The van der Waals surface area contributed by atoms with Crippen LogP contribution in [0, 0.1) is 6.92 Å². The highest BCUT2D eigenvalue weighted by atomic mass is 16.5. The predicted octanol–water partition coefficient (Wildman–Crippen LogP) is 2.89. The second-order valence-corrected chi connectivity index (χ2v) is 4.34. The van der Waals surface area contributed by atoms with Gasteiger partial charge in [-0.15, -0.1) is 0 Å². The van der Waals surface area contributed by atoms with E-state index in [1.807, 2.05) is 19.1 Å². The highest BCUT2D eigenvalue weighted by Gasteiger charge is 2.09. The van der Waals surface area contributed by atoms with Gasteiger partial charge in [0.25, 0.3) is 0 Å². The number of carbonyl (C=O) groups excluding carboxylic acids is 1. The number of aromatic nitrogens is 1. The first-order chi connectivity index (χ1) is 9.60. The topological polar surface area (TPSA) is 77.2 Å². The first kappa shape index (κ1) is 13.9. The van der Waals surface area contributed by atoms with Crippen LogP contribution in [0.25, 0.3) is 0 Å². The lowest BCUT2D eigenvalue weighted by Gasteiger charge is -2.10. The molecule has 2 rings (SSSR count). The molecule has 20 heavy (non-hydrogen) atoms. The molecular weight excluding hydrogens is 254 g/mol. The number of nitrogens with zero attached hydrogens (tertiary/aromatic N) is 1. The Hall–Kier alpha value is -2.56. The number of rotatable bonds is 4. The van der Waals surface area contributed by atoms with E-state index in [2.05, 4.69) is 10.3 Å². The number of nitrogens with two attached hydrogens (primary N) is 1. The summed E-state index contributed by atoms with van der Waals surface area (Å²) in [6.07, 6.45) is 1.73. The summed E-state index contributed by atoms with van der Waals surface area (Å²) in [5, 5.41) is 3.16. The van der Waals surface area contributed by atoms with E-state index in [1.165, 1.54) is 0 Å². The van der Waals surface area contributed by atoms with Gasteiger partial charge in [0.2, 0.25) is 0 Å². The molecule has 1 heterocycles. The van der Waals surface area contributed by atoms with Crippen LogP contribution in [0.5, 0.6) is 0 Å². The Bertz CT molecular complexity index is 609. The average Bonchev–Trinajstić information content (AvgIpc) is 2.43. The Morgan fingerprint density at radius 2 is 2.15 bits per heavy atom. The standard InChI is InChI=1S/C15H17N3O2/c1-3-20-15(19)11-5-7-14(13(16)8-11)18-12-6-4-10(2)17-9-12/h4-9,18H,3,16H2,1-2H3. The maximum atomic E-state index is 11.6. The van der Waals surface area contributed by atoms with E-state index in [0.717, 1.165) is 17.1 Å². The highest BCUT2D eigenvalue weighted by Crippen LogP contribution is 2.24. The molecule has 0 unspecified atom stereocenters. The zero-order chi connectivity index (χ0) is 14.5. The van der Waals surface area contributed by atoms with E-state index < -0.39 is 0 Å². The first-order valence-electron chi connectivity index (χ1n) is 6.36. The van der Waals surface area contributed by atoms with Crippen molar-refractivity contribution in [3.63, 3.8) is 0 Å².